The average Bonchev–Trinajstić information content (AvgIpc) is 2.69. The molecule has 1 rings (SSSR count). The van der Waals surface area contributed by atoms with Gasteiger partial charge >= 0.3 is 0 Å². The van der Waals surface area contributed by atoms with E-state index in [0.29, 0.717) is 5.19 Å². The maximum absolute atomic E-state index is 9.49. The maximum atomic E-state index is 9.49. The third-order valence-electron chi connectivity index (χ3n) is 1.83. The van der Waals surface area contributed by atoms with Crippen molar-refractivity contribution in [2.45, 2.75) is 32.4 Å². The number of ether oxygens (including phenoxy) is 2. The molecule has 0 bridgehead atoms. The Morgan fingerprint density at radius 1 is 1.53 bits per heavy atom. The van der Waals surface area contributed by atoms with Crippen LogP contribution in [0.4, 0.5) is 0 Å². The molecule has 0 saturated carbocycles. The summed E-state index contributed by atoms with van der Waals surface area (Å²) in [4.78, 5) is 3.98. The predicted octanol–water partition coefficient (Wildman–Crippen LogP) is 0.811. The van der Waals surface area contributed by atoms with E-state index in [1.807, 2.05) is 12.3 Å². The molecule has 0 fully saturated rings. The molecule has 0 amide bonds. The van der Waals surface area contributed by atoms with Gasteiger partial charge in [0.15, 0.2) is 6.23 Å². The van der Waals surface area contributed by atoms with Crippen molar-refractivity contribution in [1.29, 1.82) is 0 Å². The molecule has 0 saturated heterocycles. The Bertz CT molecular complexity index is 266. The molecule has 1 aromatic rings. The Morgan fingerprint density at radius 3 is 2.73 bits per heavy atom. The van der Waals surface area contributed by atoms with Gasteiger partial charge in [0.05, 0.1) is 0 Å². The molecule has 0 radical (unpaired) electrons. The maximum Gasteiger partial charge on any atom is 0.274 e. The average molecular weight is 232 g/mol. The van der Waals surface area contributed by atoms with Crippen LogP contribution in [0.15, 0.2) is 11.6 Å². The fourth-order valence-corrected chi connectivity index (χ4v) is 1.47. The lowest BCUT2D eigenvalue weighted by molar-refractivity contribution is -0.0236. The summed E-state index contributed by atoms with van der Waals surface area (Å²) in [6.45, 7) is 3.48. The lowest BCUT2D eigenvalue weighted by Gasteiger charge is -2.24. The lowest BCUT2D eigenvalue weighted by atomic mass is 10.3. The molecule has 86 valence electrons. The smallest absolute Gasteiger partial charge is 0.274 e. The Morgan fingerprint density at radius 2 is 2.27 bits per heavy atom. The van der Waals surface area contributed by atoms with Gasteiger partial charge in [-0.1, -0.05) is 11.3 Å². The van der Waals surface area contributed by atoms with Crippen molar-refractivity contribution in [3.63, 3.8) is 0 Å². The highest BCUT2D eigenvalue weighted by molar-refractivity contribution is 7.11. The molecular formula is C9H16N2O3S. The van der Waals surface area contributed by atoms with Gasteiger partial charge < -0.3 is 14.6 Å². The molecule has 5 nitrogen and oxygen atoms in total. The second-order valence-electron chi connectivity index (χ2n) is 3.12. The van der Waals surface area contributed by atoms with E-state index in [-0.39, 0.29) is 6.23 Å². The first-order valence-electron chi connectivity index (χ1n) is 4.66. The molecule has 3 unspecified atom stereocenters. The summed E-state index contributed by atoms with van der Waals surface area (Å²) >= 11 is 1.38. The molecule has 0 aliphatic heterocycles. The quantitative estimate of drug-likeness (QED) is 0.711. The van der Waals surface area contributed by atoms with E-state index in [1.165, 1.54) is 11.3 Å². The first kappa shape index (κ1) is 12.4. The molecule has 0 aliphatic carbocycles. The van der Waals surface area contributed by atoms with Crippen LogP contribution in [0, 0.1) is 0 Å². The number of methoxy groups -OCH3 is 1. The van der Waals surface area contributed by atoms with Gasteiger partial charge in [-0.2, -0.15) is 0 Å². The van der Waals surface area contributed by atoms with E-state index in [9.17, 15) is 5.11 Å². The highest BCUT2D eigenvalue weighted by Gasteiger charge is 2.19. The number of thiazole rings is 1. The van der Waals surface area contributed by atoms with Crippen molar-refractivity contribution in [3.8, 4) is 5.19 Å². The van der Waals surface area contributed by atoms with Gasteiger partial charge in [0.2, 0.25) is 0 Å². The van der Waals surface area contributed by atoms with Crippen LogP contribution in [0.3, 0.4) is 0 Å². The summed E-state index contributed by atoms with van der Waals surface area (Å²) < 4.78 is 10.5. The number of aliphatic hydroxyl groups excluding tert-OH is 1. The molecule has 2 N–H and O–H groups in total. The van der Waals surface area contributed by atoms with Crippen molar-refractivity contribution in [2.75, 3.05) is 7.11 Å². The zero-order valence-corrected chi connectivity index (χ0v) is 9.82. The summed E-state index contributed by atoms with van der Waals surface area (Å²) in [5.41, 5.74) is 0. The summed E-state index contributed by atoms with van der Waals surface area (Å²) in [5, 5.41) is 14.8. The zero-order valence-electron chi connectivity index (χ0n) is 9.01. The summed E-state index contributed by atoms with van der Waals surface area (Å²) in [5.74, 6) is 0. The van der Waals surface area contributed by atoms with E-state index in [4.69, 9.17) is 9.47 Å². The SMILES string of the molecule is COC(C)NC(Oc1nccs1)C(C)O. The monoisotopic (exact) mass is 232 g/mol. The van der Waals surface area contributed by atoms with Crippen LogP contribution in [-0.4, -0.2) is 35.8 Å². The van der Waals surface area contributed by atoms with Crippen LogP contribution < -0.4 is 10.1 Å². The third kappa shape index (κ3) is 4.13. The second kappa shape index (κ2) is 6.02. The largest absolute Gasteiger partial charge is 0.448 e. The highest BCUT2D eigenvalue weighted by Crippen LogP contribution is 2.15. The Hall–Kier alpha value is -0.690. The fourth-order valence-electron chi connectivity index (χ4n) is 0.948. The van der Waals surface area contributed by atoms with E-state index in [2.05, 4.69) is 10.3 Å². The number of nitrogens with zero attached hydrogens (tertiary/aromatic N) is 1. The van der Waals surface area contributed by atoms with Crippen molar-refractivity contribution in [1.82, 2.24) is 10.3 Å². The predicted molar refractivity (Wildman–Crippen MR) is 57.8 cm³/mol. The number of aromatic nitrogens is 1. The Balaban J connectivity index is 2.51. The number of hydrogen-bond acceptors (Lipinski definition) is 6. The minimum Gasteiger partial charge on any atom is -0.448 e. The van der Waals surface area contributed by atoms with E-state index in [1.54, 1.807) is 20.2 Å². The van der Waals surface area contributed by atoms with Crippen LogP contribution in [-0.2, 0) is 4.74 Å². The van der Waals surface area contributed by atoms with Crippen LogP contribution in [0.5, 0.6) is 5.19 Å². The van der Waals surface area contributed by atoms with E-state index < -0.39 is 12.3 Å². The van der Waals surface area contributed by atoms with E-state index in [0.717, 1.165) is 0 Å². The van der Waals surface area contributed by atoms with Gasteiger partial charge in [0.25, 0.3) is 5.19 Å². The van der Waals surface area contributed by atoms with Crippen LogP contribution in [0.25, 0.3) is 0 Å². The highest BCUT2D eigenvalue weighted by atomic mass is 32.1. The Kier molecular flexibility index (Phi) is 4.97. The van der Waals surface area contributed by atoms with Gasteiger partial charge in [0.1, 0.15) is 12.3 Å². The summed E-state index contributed by atoms with van der Waals surface area (Å²) in [6, 6.07) is 0. The molecular weight excluding hydrogens is 216 g/mol. The number of nitrogens with one attached hydrogen (secondary N) is 1. The molecule has 0 aromatic carbocycles. The van der Waals surface area contributed by atoms with Gasteiger partial charge in [0, 0.05) is 18.7 Å². The molecule has 6 heteroatoms. The van der Waals surface area contributed by atoms with Gasteiger partial charge in [-0.15, -0.1) is 0 Å². The fraction of sp³-hybridized carbons (Fsp3) is 0.667. The summed E-state index contributed by atoms with van der Waals surface area (Å²) in [7, 11) is 1.58. The normalized spacial score (nSPS) is 17.1. The molecule has 1 heterocycles. The number of aliphatic hydroxyl groups is 1. The van der Waals surface area contributed by atoms with Crippen molar-refractivity contribution >= 4 is 11.3 Å². The first-order chi connectivity index (χ1) is 7.13. The first-order valence-corrected chi connectivity index (χ1v) is 5.54. The minimum absolute atomic E-state index is 0.190. The summed E-state index contributed by atoms with van der Waals surface area (Å²) in [6.07, 6.45) is 0.293. The zero-order chi connectivity index (χ0) is 11.3. The van der Waals surface area contributed by atoms with Crippen molar-refractivity contribution in [3.05, 3.63) is 11.6 Å². The molecule has 3 atom stereocenters. The topological polar surface area (TPSA) is 63.6 Å². The minimum atomic E-state index is -0.647. The van der Waals surface area contributed by atoms with E-state index >= 15 is 0 Å². The van der Waals surface area contributed by atoms with Crippen LogP contribution >= 0.6 is 11.3 Å². The number of rotatable bonds is 6. The van der Waals surface area contributed by atoms with Gasteiger partial charge in [-0.05, 0) is 13.8 Å². The van der Waals surface area contributed by atoms with Crippen LogP contribution in [0.1, 0.15) is 13.8 Å². The molecule has 0 aliphatic rings. The second-order valence-corrected chi connectivity index (χ2v) is 3.98. The molecule has 0 spiro atoms. The molecule has 1 aromatic heterocycles. The standard InChI is InChI=1S/C9H16N2O3S/c1-6(12)8(11-7(2)13-3)14-9-10-4-5-15-9/h4-8,11-12H,1-3H3. The lowest BCUT2D eigenvalue weighted by Crippen LogP contribution is -2.47. The van der Waals surface area contributed by atoms with Crippen molar-refractivity contribution < 1.29 is 14.6 Å². The third-order valence-corrected chi connectivity index (χ3v) is 2.49. The van der Waals surface area contributed by atoms with Crippen LogP contribution in [0.2, 0.25) is 0 Å². The van der Waals surface area contributed by atoms with Gasteiger partial charge in [-0.3, -0.25) is 5.32 Å². The Labute approximate surface area is 93.1 Å². The number of hydrogen-bond donors (Lipinski definition) is 2. The van der Waals surface area contributed by atoms with Gasteiger partial charge in [-0.25, -0.2) is 4.98 Å². The van der Waals surface area contributed by atoms with Crippen molar-refractivity contribution in [2.24, 2.45) is 0 Å². The molecule has 15 heavy (non-hydrogen) atoms.